The third-order valence-electron chi connectivity index (χ3n) is 2.20. The Morgan fingerprint density at radius 1 is 1.42 bits per heavy atom. The maximum atomic E-state index is 9.44. The highest BCUT2D eigenvalue weighted by atomic mass is 16.5. The maximum Gasteiger partial charge on any atom is 0.0967 e. The van der Waals surface area contributed by atoms with E-state index in [0.717, 1.165) is 0 Å². The molecule has 1 aliphatic carbocycles. The second-order valence-corrected chi connectivity index (χ2v) is 3.10. The summed E-state index contributed by atoms with van der Waals surface area (Å²) < 4.78 is 5.15. The molecule has 0 bridgehead atoms. The van der Waals surface area contributed by atoms with Gasteiger partial charge in [0.15, 0.2) is 0 Å². The number of aliphatic hydroxyl groups excluding tert-OH is 2. The van der Waals surface area contributed by atoms with E-state index in [4.69, 9.17) is 21.3 Å². The van der Waals surface area contributed by atoms with Gasteiger partial charge in [-0.1, -0.05) is 0 Å². The van der Waals surface area contributed by atoms with Crippen LogP contribution in [0.4, 0.5) is 0 Å². The largest absolute Gasteiger partial charge is 0.394 e. The molecule has 5 heteroatoms. The Morgan fingerprint density at radius 2 is 2.08 bits per heavy atom. The molecule has 12 heavy (non-hydrogen) atoms. The fraction of sp³-hybridized carbons (Fsp3) is 1.00. The van der Waals surface area contributed by atoms with E-state index >= 15 is 0 Å². The Kier molecular flexibility index (Phi) is 3.42. The van der Waals surface area contributed by atoms with Crippen molar-refractivity contribution in [1.29, 1.82) is 0 Å². The first-order valence-electron chi connectivity index (χ1n) is 4.08. The molecular weight excluding hydrogens is 160 g/mol. The molecule has 0 aromatic heterocycles. The monoisotopic (exact) mass is 176 g/mol. The molecule has 1 fully saturated rings. The van der Waals surface area contributed by atoms with Crippen molar-refractivity contribution in [3.63, 3.8) is 0 Å². The minimum atomic E-state index is -0.702. The molecule has 1 aliphatic rings. The van der Waals surface area contributed by atoms with Crippen LogP contribution in [0.1, 0.15) is 6.42 Å². The van der Waals surface area contributed by atoms with Gasteiger partial charge >= 0.3 is 0 Å². The molecule has 0 aromatic carbocycles. The number of aliphatic hydroxyl groups is 2. The topological polar surface area (TPSA) is 102 Å². The van der Waals surface area contributed by atoms with Crippen LogP contribution in [0.15, 0.2) is 0 Å². The van der Waals surface area contributed by atoms with Crippen LogP contribution in [0.3, 0.4) is 0 Å². The first-order valence-corrected chi connectivity index (χ1v) is 4.08. The van der Waals surface area contributed by atoms with Gasteiger partial charge in [0.05, 0.1) is 25.4 Å². The molecule has 0 radical (unpaired) electrons. The van der Waals surface area contributed by atoms with E-state index in [-0.39, 0.29) is 25.4 Å². The fourth-order valence-electron chi connectivity index (χ4n) is 1.44. The number of hydrogen-bond acceptors (Lipinski definition) is 5. The lowest BCUT2D eigenvalue weighted by Crippen LogP contribution is -2.44. The van der Waals surface area contributed by atoms with E-state index in [1.165, 1.54) is 0 Å². The van der Waals surface area contributed by atoms with Gasteiger partial charge in [0.1, 0.15) is 0 Å². The highest BCUT2D eigenvalue weighted by Gasteiger charge is 2.38. The second-order valence-electron chi connectivity index (χ2n) is 3.10. The molecule has 0 aromatic rings. The Hall–Kier alpha value is -0.200. The van der Waals surface area contributed by atoms with Gasteiger partial charge in [-0.05, 0) is 6.42 Å². The maximum absolute atomic E-state index is 9.44. The van der Waals surface area contributed by atoms with Crippen LogP contribution >= 0.6 is 0 Å². The molecule has 72 valence electrons. The molecule has 0 amide bonds. The van der Waals surface area contributed by atoms with Crippen LogP contribution in [0.2, 0.25) is 0 Å². The molecule has 0 saturated heterocycles. The average Bonchev–Trinajstić information content (AvgIpc) is 2.30. The highest BCUT2D eigenvalue weighted by Crippen LogP contribution is 2.20. The molecule has 0 spiro atoms. The van der Waals surface area contributed by atoms with Crippen molar-refractivity contribution >= 4 is 0 Å². The molecule has 0 aliphatic heterocycles. The summed E-state index contributed by atoms with van der Waals surface area (Å²) in [7, 11) is 0. The molecule has 1 rings (SSSR count). The highest BCUT2D eigenvalue weighted by molar-refractivity contribution is 4.97. The van der Waals surface area contributed by atoms with Gasteiger partial charge in [-0.15, -0.1) is 0 Å². The summed E-state index contributed by atoms with van der Waals surface area (Å²) >= 11 is 0. The van der Waals surface area contributed by atoms with Crippen LogP contribution in [0.5, 0.6) is 0 Å². The molecular formula is C7H16N2O3. The summed E-state index contributed by atoms with van der Waals surface area (Å²) in [6.07, 6.45) is -0.462. The van der Waals surface area contributed by atoms with Crippen molar-refractivity contribution in [2.45, 2.75) is 30.7 Å². The third kappa shape index (κ3) is 1.94. The zero-order valence-electron chi connectivity index (χ0n) is 6.89. The molecule has 6 N–H and O–H groups in total. The summed E-state index contributed by atoms with van der Waals surface area (Å²) in [5, 5.41) is 17.9. The van der Waals surface area contributed by atoms with E-state index in [0.29, 0.717) is 6.42 Å². The quantitative estimate of drug-likeness (QED) is 0.390. The minimum absolute atomic E-state index is 0.0479. The van der Waals surface area contributed by atoms with Gasteiger partial charge in [-0.25, -0.2) is 0 Å². The van der Waals surface area contributed by atoms with Gasteiger partial charge < -0.3 is 26.4 Å². The van der Waals surface area contributed by atoms with Gasteiger partial charge in [-0.3, -0.25) is 0 Å². The Morgan fingerprint density at radius 3 is 2.50 bits per heavy atom. The Balaban J connectivity index is 2.36. The molecule has 4 atom stereocenters. The standard InChI is InChI=1S/C7H16N2O3/c8-4-3-5(12-2-1-10)7(11)6(4)9/h4-7,10-11H,1-3,8-9H2/t4-,5+,6+,7-/m1/s1. The van der Waals surface area contributed by atoms with E-state index in [9.17, 15) is 5.11 Å². The van der Waals surface area contributed by atoms with E-state index in [1.54, 1.807) is 0 Å². The smallest absolute Gasteiger partial charge is 0.0967 e. The lowest BCUT2D eigenvalue weighted by molar-refractivity contribution is -0.0338. The number of hydrogen-bond donors (Lipinski definition) is 4. The SMILES string of the molecule is N[C@@H]1[C@H](O)[C@@H](OCCO)C[C@H]1N. The summed E-state index contributed by atoms with van der Waals surface area (Å²) in [6, 6.07) is -0.614. The van der Waals surface area contributed by atoms with Crippen LogP contribution in [-0.2, 0) is 4.74 Å². The normalized spacial score (nSPS) is 42.0. The first kappa shape index (κ1) is 9.88. The second kappa shape index (κ2) is 4.15. The first-order chi connectivity index (χ1) is 5.66. The Labute approximate surface area is 71.3 Å². The van der Waals surface area contributed by atoms with Gasteiger partial charge in [0.25, 0.3) is 0 Å². The van der Waals surface area contributed by atoms with Gasteiger partial charge in [-0.2, -0.15) is 0 Å². The minimum Gasteiger partial charge on any atom is -0.394 e. The van der Waals surface area contributed by atoms with Crippen molar-refractivity contribution < 1.29 is 14.9 Å². The van der Waals surface area contributed by atoms with Crippen molar-refractivity contribution in [2.75, 3.05) is 13.2 Å². The zero-order chi connectivity index (χ0) is 9.14. The molecule has 1 saturated carbocycles. The van der Waals surface area contributed by atoms with Crippen molar-refractivity contribution in [1.82, 2.24) is 0 Å². The number of rotatable bonds is 3. The lowest BCUT2D eigenvalue weighted by Gasteiger charge is -2.16. The van der Waals surface area contributed by atoms with Crippen LogP contribution in [0.25, 0.3) is 0 Å². The van der Waals surface area contributed by atoms with Gasteiger partial charge in [0, 0.05) is 12.1 Å². The third-order valence-corrected chi connectivity index (χ3v) is 2.20. The summed E-state index contributed by atoms with van der Waals surface area (Å²) in [5.41, 5.74) is 11.2. The van der Waals surface area contributed by atoms with E-state index < -0.39 is 12.1 Å². The average molecular weight is 176 g/mol. The van der Waals surface area contributed by atoms with Crippen molar-refractivity contribution in [3.8, 4) is 0 Å². The Bertz CT molecular complexity index is 145. The number of nitrogens with two attached hydrogens (primary N) is 2. The van der Waals surface area contributed by atoms with E-state index in [2.05, 4.69) is 0 Å². The predicted molar refractivity (Wildman–Crippen MR) is 43.4 cm³/mol. The van der Waals surface area contributed by atoms with Gasteiger partial charge in [0.2, 0.25) is 0 Å². The summed E-state index contributed by atoms with van der Waals surface area (Å²) in [6.45, 7) is 0.175. The van der Waals surface area contributed by atoms with Crippen molar-refractivity contribution in [2.24, 2.45) is 11.5 Å². The van der Waals surface area contributed by atoms with Crippen molar-refractivity contribution in [3.05, 3.63) is 0 Å². The summed E-state index contributed by atoms with van der Waals surface area (Å²) in [4.78, 5) is 0. The summed E-state index contributed by atoms with van der Waals surface area (Å²) in [5.74, 6) is 0. The van der Waals surface area contributed by atoms with Crippen LogP contribution in [-0.4, -0.2) is 47.7 Å². The lowest BCUT2D eigenvalue weighted by atomic mass is 10.2. The predicted octanol–water partition coefficient (Wildman–Crippen LogP) is -2.22. The van der Waals surface area contributed by atoms with Crippen LogP contribution < -0.4 is 11.5 Å². The van der Waals surface area contributed by atoms with Crippen LogP contribution in [0, 0.1) is 0 Å². The number of ether oxygens (including phenoxy) is 1. The fourth-order valence-corrected chi connectivity index (χ4v) is 1.44. The molecule has 5 nitrogen and oxygen atoms in total. The molecule has 0 heterocycles. The van der Waals surface area contributed by atoms with E-state index in [1.807, 2.05) is 0 Å². The molecule has 0 unspecified atom stereocenters. The zero-order valence-corrected chi connectivity index (χ0v) is 6.89.